The summed E-state index contributed by atoms with van der Waals surface area (Å²) in [6.45, 7) is 6.35. The van der Waals surface area contributed by atoms with Gasteiger partial charge in [0.05, 0.1) is 31.4 Å². The van der Waals surface area contributed by atoms with Gasteiger partial charge in [-0.05, 0) is 70.2 Å². The first-order valence-electron chi connectivity index (χ1n) is 13.7. The number of nitrogens with one attached hydrogen (secondary N) is 1. The van der Waals surface area contributed by atoms with Gasteiger partial charge in [0.2, 0.25) is 11.8 Å². The Balaban J connectivity index is 2.09. The molecule has 3 aromatic carbocycles. The minimum Gasteiger partial charge on any atom is -0.494 e. The van der Waals surface area contributed by atoms with Gasteiger partial charge in [0, 0.05) is 24.2 Å². The third-order valence-electron chi connectivity index (χ3n) is 6.55. The van der Waals surface area contributed by atoms with Crippen LogP contribution >= 0.6 is 0 Å². The number of nitrogens with zero attached hydrogens (tertiary/aromatic N) is 2. The molecule has 0 radical (unpaired) electrons. The van der Waals surface area contributed by atoms with E-state index in [1.807, 2.05) is 6.92 Å². The van der Waals surface area contributed by atoms with Crippen LogP contribution in [0.5, 0.6) is 17.2 Å². The third kappa shape index (κ3) is 8.16. The Morgan fingerprint density at radius 2 is 1.58 bits per heavy atom. The molecule has 232 valence electrons. The Morgan fingerprint density at radius 3 is 2.16 bits per heavy atom. The van der Waals surface area contributed by atoms with Gasteiger partial charge in [-0.3, -0.25) is 13.9 Å². The fourth-order valence-corrected chi connectivity index (χ4v) is 5.74. The molecule has 0 saturated heterocycles. The quantitative estimate of drug-likeness (QED) is 0.286. The van der Waals surface area contributed by atoms with E-state index in [2.05, 4.69) is 5.32 Å². The molecule has 1 N–H and O–H groups in total. The zero-order valence-corrected chi connectivity index (χ0v) is 26.0. The van der Waals surface area contributed by atoms with Gasteiger partial charge in [-0.15, -0.1) is 0 Å². The van der Waals surface area contributed by atoms with Gasteiger partial charge in [-0.1, -0.05) is 18.2 Å². The van der Waals surface area contributed by atoms with Crippen molar-refractivity contribution in [1.29, 1.82) is 0 Å². The monoisotopic (exact) mass is 615 g/mol. The first kappa shape index (κ1) is 33.2. The highest BCUT2D eigenvalue weighted by molar-refractivity contribution is 7.92. The van der Waals surface area contributed by atoms with E-state index >= 15 is 0 Å². The summed E-state index contributed by atoms with van der Waals surface area (Å²) in [7, 11) is -1.57. The van der Waals surface area contributed by atoms with Crippen molar-refractivity contribution < 1.29 is 36.6 Å². The largest absolute Gasteiger partial charge is 0.494 e. The zero-order valence-electron chi connectivity index (χ0n) is 25.2. The minimum absolute atomic E-state index is 0.155. The molecule has 0 aromatic heterocycles. The molecule has 3 aromatic rings. The van der Waals surface area contributed by atoms with E-state index in [1.165, 1.54) is 74.6 Å². The summed E-state index contributed by atoms with van der Waals surface area (Å²) in [5.74, 6) is -0.713. The maximum atomic E-state index is 14.7. The van der Waals surface area contributed by atoms with Gasteiger partial charge in [-0.2, -0.15) is 0 Å². The lowest BCUT2D eigenvalue weighted by atomic mass is 10.1. The molecule has 0 aliphatic rings. The minimum atomic E-state index is -4.38. The Kier molecular flexibility index (Phi) is 11.4. The normalized spacial score (nSPS) is 11.9. The lowest BCUT2D eigenvalue weighted by molar-refractivity contribution is -0.139. The zero-order chi connectivity index (χ0) is 31.7. The van der Waals surface area contributed by atoms with Crippen LogP contribution in [0.25, 0.3) is 0 Å². The van der Waals surface area contributed by atoms with Crippen LogP contribution in [-0.4, -0.2) is 64.6 Å². The second kappa shape index (κ2) is 14.7. The number of hydrogen-bond donors (Lipinski definition) is 1. The van der Waals surface area contributed by atoms with Crippen molar-refractivity contribution in [1.82, 2.24) is 10.2 Å². The van der Waals surface area contributed by atoms with Crippen LogP contribution in [0.1, 0.15) is 33.3 Å². The number of halogens is 1. The number of amides is 2. The SMILES string of the molecule is CCOc1ccc(N(CC(=O)N(Cc2ccccc2F)C(C)C(=O)NC(C)C)S(=O)(=O)c2ccc(OC)c(OC)c2)cc1. The smallest absolute Gasteiger partial charge is 0.264 e. The Morgan fingerprint density at radius 1 is 0.930 bits per heavy atom. The number of methoxy groups -OCH3 is 2. The molecule has 1 atom stereocenters. The highest BCUT2D eigenvalue weighted by atomic mass is 32.2. The number of hydrogen-bond acceptors (Lipinski definition) is 7. The summed E-state index contributed by atoms with van der Waals surface area (Å²) >= 11 is 0. The topological polar surface area (TPSA) is 114 Å². The van der Waals surface area contributed by atoms with Crippen LogP contribution in [0.2, 0.25) is 0 Å². The first-order chi connectivity index (χ1) is 20.4. The predicted octanol–water partition coefficient (Wildman–Crippen LogP) is 4.38. The van der Waals surface area contributed by atoms with E-state index < -0.39 is 40.2 Å². The molecule has 0 aliphatic carbocycles. The number of benzene rings is 3. The van der Waals surface area contributed by atoms with Crippen LogP contribution in [0, 0.1) is 5.82 Å². The molecule has 2 amide bonds. The molecular weight excluding hydrogens is 577 g/mol. The van der Waals surface area contributed by atoms with E-state index in [4.69, 9.17) is 14.2 Å². The fraction of sp³-hybridized carbons (Fsp3) is 0.355. The number of sulfonamides is 1. The molecule has 12 heteroatoms. The Bertz CT molecular complexity index is 1510. The van der Waals surface area contributed by atoms with Crippen molar-refractivity contribution in [2.75, 3.05) is 31.7 Å². The molecule has 0 fully saturated rings. The van der Waals surface area contributed by atoms with Crippen molar-refractivity contribution >= 4 is 27.5 Å². The fourth-order valence-electron chi connectivity index (χ4n) is 4.31. The van der Waals surface area contributed by atoms with Crippen molar-refractivity contribution in [3.05, 3.63) is 78.1 Å². The van der Waals surface area contributed by atoms with E-state index in [0.717, 1.165) is 4.31 Å². The van der Waals surface area contributed by atoms with Gasteiger partial charge in [0.15, 0.2) is 11.5 Å². The maximum Gasteiger partial charge on any atom is 0.264 e. The van der Waals surface area contributed by atoms with Crippen LogP contribution < -0.4 is 23.8 Å². The first-order valence-corrected chi connectivity index (χ1v) is 15.2. The summed E-state index contributed by atoms with van der Waals surface area (Å²) in [5, 5.41) is 2.76. The van der Waals surface area contributed by atoms with Gasteiger partial charge >= 0.3 is 0 Å². The summed E-state index contributed by atoms with van der Waals surface area (Å²) in [6.07, 6.45) is 0. The second-order valence-electron chi connectivity index (χ2n) is 9.91. The van der Waals surface area contributed by atoms with Gasteiger partial charge < -0.3 is 24.4 Å². The van der Waals surface area contributed by atoms with Crippen molar-refractivity contribution in [2.45, 2.75) is 51.2 Å². The number of ether oxygens (including phenoxy) is 3. The molecule has 43 heavy (non-hydrogen) atoms. The van der Waals surface area contributed by atoms with Crippen LogP contribution in [0.15, 0.2) is 71.6 Å². The van der Waals surface area contributed by atoms with Crippen molar-refractivity contribution in [2.24, 2.45) is 0 Å². The second-order valence-corrected chi connectivity index (χ2v) is 11.8. The van der Waals surface area contributed by atoms with E-state index in [0.29, 0.717) is 18.1 Å². The molecule has 1 unspecified atom stereocenters. The summed E-state index contributed by atoms with van der Waals surface area (Å²) in [5.41, 5.74) is 0.354. The van der Waals surface area contributed by atoms with Gasteiger partial charge in [0.25, 0.3) is 10.0 Å². The lowest BCUT2D eigenvalue weighted by Crippen LogP contribution is -2.52. The average molecular weight is 616 g/mol. The Hall–Kier alpha value is -4.32. The van der Waals surface area contributed by atoms with Crippen molar-refractivity contribution in [3.63, 3.8) is 0 Å². The maximum absolute atomic E-state index is 14.7. The summed E-state index contributed by atoms with van der Waals surface area (Å²) in [4.78, 5) is 28.0. The molecule has 0 bridgehead atoms. The molecule has 0 saturated carbocycles. The van der Waals surface area contributed by atoms with E-state index in [1.54, 1.807) is 32.0 Å². The molecule has 0 heterocycles. The molecular formula is C31H38FN3O7S. The molecule has 0 aliphatic heterocycles. The van der Waals surface area contributed by atoms with Gasteiger partial charge in [0.1, 0.15) is 24.2 Å². The number of carbonyl (C=O) groups excluding carboxylic acids is 2. The molecule has 10 nitrogen and oxygen atoms in total. The highest BCUT2D eigenvalue weighted by Gasteiger charge is 2.33. The van der Waals surface area contributed by atoms with E-state index in [9.17, 15) is 22.4 Å². The number of carbonyl (C=O) groups is 2. The van der Waals surface area contributed by atoms with Crippen molar-refractivity contribution in [3.8, 4) is 17.2 Å². The van der Waals surface area contributed by atoms with Gasteiger partial charge in [-0.25, -0.2) is 12.8 Å². The predicted molar refractivity (Wildman–Crippen MR) is 161 cm³/mol. The van der Waals surface area contributed by atoms with Crippen LogP contribution in [0.4, 0.5) is 10.1 Å². The van der Waals surface area contributed by atoms with E-state index in [-0.39, 0.29) is 34.5 Å². The number of rotatable bonds is 14. The third-order valence-corrected chi connectivity index (χ3v) is 8.32. The summed E-state index contributed by atoms with van der Waals surface area (Å²) in [6, 6.07) is 15.0. The number of anilines is 1. The lowest BCUT2D eigenvalue weighted by Gasteiger charge is -2.32. The highest BCUT2D eigenvalue weighted by Crippen LogP contribution is 2.33. The molecule has 0 spiro atoms. The molecule has 3 rings (SSSR count). The Labute approximate surface area is 252 Å². The average Bonchev–Trinajstić information content (AvgIpc) is 2.98. The van der Waals surface area contributed by atoms with Crippen LogP contribution in [-0.2, 0) is 26.2 Å². The van der Waals surface area contributed by atoms with Crippen LogP contribution in [0.3, 0.4) is 0 Å². The standard InChI is InChI=1S/C31H38FN3O7S/c1-7-42-25-14-12-24(13-15-25)35(43(38,39)26-16-17-28(40-5)29(18-26)41-6)20-30(36)34(22(4)31(37)33-21(2)3)19-23-10-8-9-11-27(23)32/h8-18,21-22H,7,19-20H2,1-6H3,(H,33,37). The summed E-state index contributed by atoms with van der Waals surface area (Å²) < 4.78 is 59.9.